The van der Waals surface area contributed by atoms with E-state index in [1.54, 1.807) is 13.1 Å². The Bertz CT molecular complexity index is 837. The van der Waals surface area contributed by atoms with Crippen LogP contribution in [0.2, 0.25) is 5.02 Å². The fourth-order valence-electron chi connectivity index (χ4n) is 2.72. The predicted molar refractivity (Wildman–Crippen MR) is 94.3 cm³/mol. The molecule has 1 aliphatic rings. The molecule has 8 heteroatoms. The second-order valence-electron chi connectivity index (χ2n) is 6.19. The van der Waals surface area contributed by atoms with Crippen molar-refractivity contribution in [3.05, 3.63) is 58.1 Å². The molecule has 2 aromatic carbocycles. The number of benzene rings is 2. The maximum Gasteiger partial charge on any atom is 0.416 e. The average Bonchev–Trinajstić information content (AvgIpc) is 2.86. The molecule has 0 spiro atoms. The maximum absolute atomic E-state index is 12.7. The van der Waals surface area contributed by atoms with E-state index in [0.717, 1.165) is 12.1 Å². The van der Waals surface area contributed by atoms with Gasteiger partial charge in [-0.1, -0.05) is 23.7 Å². The minimum Gasteiger partial charge on any atom is -0.489 e. The van der Waals surface area contributed by atoms with Crippen molar-refractivity contribution in [2.45, 2.75) is 19.1 Å². The lowest BCUT2D eigenvalue weighted by Crippen LogP contribution is -2.26. The van der Waals surface area contributed by atoms with Gasteiger partial charge in [-0.3, -0.25) is 4.79 Å². The molecule has 0 unspecified atom stereocenters. The van der Waals surface area contributed by atoms with Crippen LogP contribution in [0, 0.1) is 0 Å². The van der Waals surface area contributed by atoms with Crippen molar-refractivity contribution >= 4 is 17.5 Å². The molecule has 1 aliphatic heterocycles. The van der Waals surface area contributed by atoms with E-state index in [4.69, 9.17) is 21.1 Å². The summed E-state index contributed by atoms with van der Waals surface area (Å²) in [7, 11) is 1.57. The third-order valence-corrected chi connectivity index (χ3v) is 4.38. The number of carbonyl (C=O) groups is 1. The van der Waals surface area contributed by atoms with Gasteiger partial charge in [0, 0.05) is 25.6 Å². The summed E-state index contributed by atoms with van der Waals surface area (Å²) in [6.07, 6.45) is -3.68. The minimum absolute atomic E-state index is 0.156. The summed E-state index contributed by atoms with van der Waals surface area (Å²) in [5.41, 5.74) is 0.174. The lowest BCUT2D eigenvalue weighted by Gasteiger charge is -2.19. The standard InChI is InChI=1S/C19H17ClF3NO3/c1-24(11-12-3-5-14(6-4-12)19(21,22)23)18(25)13-9-15(20)17-16(10-13)26-7-2-8-27-17/h3-6,9-10H,2,7-8,11H2,1H3. The van der Waals surface area contributed by atoms with Gasteiger partial charge >= 0.3 is 6.18 Å². The highest BCUT2D eigenvalue weighted by Gasteiger charge is 2.30. The van der Waals surface area contributed by atoms with Crippen LogP contribution < -0.4 is 9.47 Å². The second-order valence-corrected chi connectivity index (χ2v) is 6.60. The van der Waals surface area contributed by atoms with Crippen molar-refractivity contribution in [1.82, 2.24) is 4.90 Å². The fourth-order valence-corrected chi connectivity index (χ4v) is 2.98. The topological polar surface area (TPSA) is 38.8 Å². The van der Waals surface area contributed by atoms with Crippen LogP contribution in [0.4, 0.5) is 13.2 Å². The van der Waals surface area contributed by atoms with Gasteiger partial charge in [-0.15, -0.1) is 0 Å². The summed E-state index contributed by atoms with van der Waals surface area (Å²) in [4.78, 5) is 14.1. The molecule has 4 nitrogen and oxygen atoms in total. The highest BCUT2D eigenvalue weighted by Crippen LogP contribution is 2.38. The number of rotatable bonds is 3. The molecule has 2 aromatic rings. The van der Waals surface area contributed by atoms with Crippen molar-refractivity contribution in [2.24, 2.45) is 0 Å². The van der Waals surface area contributed by atoms with Crippen LogP contribution in [0.1, 0.15) is 27.9 Å². The monoisotopic (exact) mass is 399 g/mol. The minimum atomic E-state index is -4.39. The van der Waals surface area contributed by atoms with Crippen molar-refractivity contribution in [3.8, 4) is 11.5 Å². The van der Waals surface area contributed by atoms with Gasteiger partial charge in [0.15, 0.2) is 11.5 Å². The van der Waals surface area contributed by atoms with Crippen molar-refractivity contribution in [2.75, 3.05) is 20.3 Å². The number of halogens is 4. The fraction of sp³-hybridized carbons (Fsp3) is 0.316. The highest BCUT2D eigenvalue weighted by molar-refractivity contribution is 6.32. The van der Waals surface area contributed by atoms with Gasteiger partial charge in [-0.25, -0.2) is 0 Å². The van der Waals surface area contributed by atoms with E-state index in [0.29, 0.717) is 42.3 Å². The summed E-state index contributed by atoms with van der Waals surface area (Å²) in [6, 6.07) is 7.77. The van der Waals surface area contributed by atoms with Crippen LogP contribution in [0.5, 0.6) is 11.5 Å². The number of fused-ring (bicyclic) bond motifs is 1. The molecule has 1 amide bonds. The number of hydrogen-bond donors (Lipinski definition) is 0. The molecule has 0 saturated carbocycles. The normalized spacial score (nSPS) is 13.8. The van der Waals surface area contributed by atoms with Gasteiger partial charge in [-0.2, -0.15) is 13.2 Å². The first-order valence-electron chi connectivity index (χ1n) is 8.26. The third kappa shape index (κ3) is 4.47. The van der Waals surface area contributed by atoms with E-state index < -0.39 is 11.7 Å². The Hall–Kier alpha value is -2.41. The number of nitrogens with zero attached hydrogens (tertiary/aromatic N) is 1. The van der Waals surface area contributed by atoms with Crippen LogP contribution in [-0.2, 0) is 12.7 Å². The summed E-state index contributed by atoms with van der Waals surface area (Å²) in [5, 5.41) is 0.278. The zero-order chi connectivity index (χ0) is 19.6. The quantitative estimate of drug-likeness (QED) is 0.744. The molecule has 144 valence electrons. The lowest BCUT2D eigenvalue weighted by atomic mass is 10.1. The Morgan fingerprint density at radius 2 is 1.81 bits per heavy atom. The second kappa shape index (κ2) is 7.68. The molecule has 0 atom stereocenters. The molecule has 0 aliphatic carbocycles. The molecule has 3 rings (SSSR count). The predicted octanol–water partition coefficient (Wildman–Crippen LogP) is 4.79. The van der Waals surface area contributed by atoms with Crippen molar-refractivity contribution < 1.29 is 27.4 Å². The molecule has 0 aromatic heterocycles. The van der Waals surface area contributed by atoms with Crippen LogP contribution in [0.15, 0.2) is 36.4 Å². The third-order valence-electron chi connectivity index (χ3n) is 4.10. The Morgan fingerprint density at radius 3 is 2.48 bits per heavy atom. The zero-order valence-corrected chi connectivity index (χ0v) is 15.2. The van der Waals surface area contributed by atoms with E-state index in [1.165, 1.54) is 23.1 Å². The van der Waals surface area contributed by atoms with E-state index in [1.807, 2.05) is 0 Å². The molecular weight excluding hydrogens is 383 g/mol. The van der Waals surface area contributed by atoms with Gasteiger partial charge < -0.3 is 14.4 Å². The summed E-state index contributed by atoms with van der Waals surface area (Å²) >= 11 is 6.21. The van der Waals surface area contributed by atoms with Gasteiger partial charge in [0.2, 0.25) is 0 Å². The molecule has 0 N–H and O–H groups in total. The Labute approximate surface area is 159 Å². The van der Waals surface area contributed by atoms with Gasteiger partial charge in [0.05, 0.1) is 23.8 Å². The largest absolute Gasteiger partial charge is 0.489 e. The van der Waals surface area contributed by atoms with E-state index in [9.17, 15) is 18.0 Å². The van der Waals surface area contributed by atoms with Crippen molar-refractivity contribution in [3.63, 3.8) is 0 Å². The van der Waals surface area contributed by atoms with E-state index in [2.05, 4.69) is 0 Å². The number of amides is 1. The molecule has 0 radical (unpaired) electrons. The van der Waals surface area contributed by atoms with Crippen LogP contribution in [0.3, 0.4) is 0 Å². The van der Waals surface area contributed by atoms with E-state index >= 15 is 0 Å². The van der Waals surface area contributed by atoms with Crippen LogP contribution in [0.25, 0.3) is 0 Å². The zero-order valence-electron chi connectivity index (χ0n) is 14.5. The lowest BCUT2D eigenvalue weighted by molar-refractivity contribution is -0.137. The number of carbonyl (C=O) groups excluding carboxylic acids is 1. The Balaban J connectivity index is 1.75. The smallest absolute Gasteiger partial charge is 0.416 e. The molecule has 0 fully saturated rings. The first-order valence-corrected chi connectivity index (χ1v) is 8.64. The van der Waals surface area contributed by atoms with E-state index in [-0.39, 0.29) is 17.5 Å². The average molecular weight is 400 g/mol. The summed E-state index contributed by atoms with van der Waals surface area (Å²) in [5.74, 6) is 0.495. The van der Waals surface area contributed by atoms with Crippen LogP contribution in [-0.4, -0.2) is 31.1 Å². The number of ether oxygens (including phenoxy) is 2. The van der Waals surface area contributed by atoms with Gasteiger partial charge in [0.1, 0.15) is 0 Å². The molecule has 0 bridgehead atoms. The first kappa shape index (κ1) is 19.4. The molecular formula is C19H17ClF3NO3. The number of alkyl halides is 3. The number of hydrogen-bond acceptors (Lipinski definition) is 3. The summed E-state index contributed by atoms with van der Waals surface area (Å²) < 4.78 is 49.0. The Kier molecular flexibility index (Phi) is 5.51. The van der Waals surface area contributed by atoms with Gasteiger partial charge in [0.25, 0.3) is 5.91 Å². The maximum atomic E-state index is 12.7. The SMILES string of the molecule is CN(Cc1ccc(C(F)(F)F)cc1)C(=O)c1cc(Cl)c2c(c1)OCCCO2. The van der Waals surface area contributed by atoms with Crippen LogP contribution >= 0.6 is 11.6 Å². The Morgan fingerprint density at radius 1 is 1.15 bits per heavy atom. The molecule has 27 heavy (non-hydrogen) atoms. The molecule has 0 saturated heterocycles. The van der Waals surface area contributed by atoms with Crippen molar-refractivity contribution in [1.29, 1.82) is 0 Å². The molecule has 1 heterocycles. The van der Waals surface area contributed by atoms with Gasteiger partial charge in [-0.05, 0) is 29.8 Å². The first-order chi connectivity index (χ1) is 12.8. The summed E-state index contributed by atoms with van der Waals surface area (Å²) in [6.45, 7) is 1.10. The highest BCUT2D eigenvalue weighted by atomic mass is 35.5.